The fourth-order valence-corrected chi connectivity index (χ4v) is 3.01. The third kappa shape index (κ3) is 3.74. The third-order valence-electron chi connectivity index (χ3n) is 4.28. The SMILES string of the molecule is CN(C)C(CCOc1cccc2ccccc12)c1ccc(F)cc1. The Morgan fingerprint density at radius 2 is 1.62 bits per heavy atom. The van der Waals surface area contributed by atoms with Crippen LogP contribution in [0.15, 0.2) is 66.7 Å². The zero-order chi connectivity index (χ0) is 16.9. The maximum Gasteiger partial charge on any atom is 0.127 e. The first-order chi connectivity index (χ1) is 11.6. The molecule has 2 nitrogen and oxygen atoms in total. The van der Waals surface area contributed by atoms with Crippen molar-refractivity contribution in [2.45, 2.75) is 12.5 Å². The zero-order valence-electron chi connectivity index (χ0n) is 14.1. The van der Waals surface area contributed by atoms with Gasteiger partial charge in [-0.25, -0.2) is 4.39 Å². The summed E-state index contributed by atoms with van der Waals surface area (Å²) in [5, 5.41) is 2.31. The van der Waals surface area contributed by atoms with E-state index >= 15 is 0 Å². The van der Waals surface area contributed by atoms with Gasteiger partial charge in [0.1, 0.15) is 11.6 Å². The van der Waals surface area contributed by atoms with E-state index in [1.807, 2.05) is 50.5 Å². The van der Waals surface area contributed by atoms with E-state index in [2.05, 4.69) is 23.1 Å². The highest BCUT2D eigenvalue weighted by Crippen LogP contribution is 2.27. The molecule has 0 bridgehead atoms. The highest BCUT2D eigenvalue weighted by atomic mass is 19.1. The van der Waals surface area contributed by atoms with E-state index in [0.717, 1.165) is 23.1 Å². The Morgan fingerprint density at radius 1 is 0.917 bits per heavy atom. The molecule has 0 saturated carbocycles. The van der Waals surface area contributed by atoms with Gasteiger partial charge < -0.3 is 9.64 Å². The van der Waals surface area contributed by atoms with Crippen LogP contribution in [0.1, 0.15) is 18.0 Å². The lowest BCUT2D eigenvalue weighted by atomic mass is 10.0. The maximum atomic E-state index is 13.1. The van der Waals surface area contributed by atoms with Crippen LogP contribution in [-0.2, 0) is 0 Å². The molecular weight excluding hydrogens is 301 g/mol. The second-order valence-electron chi connectivity index (χ2n) is 6.15. The van der Waals surface area contributed by atoms with E-state index in [4.69, 9.17) is 4.74 Å². The van der Waals surface area contributed by atoms with E-state index in [9.17, 15) is 4.39 Å². The highest BCUT2D eigenvalue weighted by Gasteiger charge is 2.14. The molecule has 0 amide bonds. The Hall–Kier alpha value is -2.39. The van der Waals surface area contributed by atoms with Gasteiger partial charge in [0.15, 0.2) is 0 Å². The number of hydrogen-bond donors (Lipinski definition) is 0. The number of rotatable bonds is 6. The summed E-state index contributed by atoms with van der Waals surface area (Å²) in [6.07, 6.45) is 0.835. The first kappa shape index (κ1) is 16.5. The van der Waals surface area contributed by atoms with Crippen molar-refractivity contribution >= 4 is 10.8 Å². The Labute approximate surface area is 142 Å². The molecule has 1 unspecified atom stereocenters. The summed E-state index contributed by atoms with van der Waals surface area (Å²) in [6, 6.07) is 21.2. The van der Waals surface area contributed by atoms with Crippen molar-refractivity contribution in [1.82, 2.24) is 4.90 Å². The molecule has 3 aromatic rings. The van der Waals surface area contributed by atoms with Gasteiger partial charge >= 0.3 is 0 Å². The third-order valence-corrected chi connectivity index (χ3v) is 4.28. The van der Waals surface area contributed by atoms with Crippen LogP contribution in [0.4, 0.5) is 4.39 Å². The molecule has 0 saturated heterocycles. The van der Waals surface area contributed by atoms with Crippen LogP contribution in [0.3, 0.4) is 0 Å². The van der Waals surface area contributed by atoms with Crippen molar-refractivity contribution < 1.29 is 9.13 Å². The van der Waals surface area contributed by atoms with Crippen LogP contribution in [0.2, 0.25) is 0 Å². The van der Waals surface area contributed by atoms with Gasteiger partial charge in [0.2, 0.25) is 0 Å². The molecule has 0 aromatic heterocycles. The van der Waals surface area contributed by atoms with Crippen molar-refractivity contribution in [2.24, 2.45) is 0 Å². The summed E-state index contributed by atoms with van der Waals surface area (Å²) in [6.45, 7) is 0.605. The normalized spacial score (nSPS) is 12.5. The number of hydrogen-bond acceptors (Lipinski definition) is 2. The molecule has 0 radical (unpaired) electrons. The van der Waals surface area contributed by atoms with Crippen LogP contribution in [0, 0.1) is 5.82 Å². The molecule has 3 rings (SSSR count). The van der Waals surface area contributed by atoms with Crippen molar-refractivity contribution in [3.8, 4) is 5.75 Å². The van der Waals surface area contributed by atoms with E-state index in [-0.39, 0.29) is 11.9 Å². The summed E-state index contributed by atoms with van der Waals surface area (Å²) in [4.78, 5) is 2.14. The smallest absolute Gasteiger partial charge is 0.127 e. The van der Waals surface area contributed by atoms with Gasteiger partial charge in [-0.3, -0.25) is 0 Å². The lowest BCUT2D eigenvalue weighted by molar-refractivity contribution is 0.225. The van der Waals surface area contributed by atoms with Crippen molar-refractivity contribution in [2.75, 3.05) is 20.7 Å². The Bertz CT molecular complexity index is 793. The molecule has 0 spiro atoms. The second kappa shape index (κ2) is 7.45. The molecule has 0 aliphatic rings. The molecule has 1 atom stereocenters. The lowest BCUT2D eigenvalue weighted by Crippen LogP contribution is -2.22. The Morgan fingerprint density at radius 3 is 2.38 bits per heavy atom. The second-order valence-corrected chi connectivity index (χ2v) is 6.15. The predicted molar refractivity (Wildman–Crippen MR) is 96.9 cm³/mol. The zero-order valence-corrected chi connectivity index (χ0v) is 14.1. The van der Waals surface area contributed by atoms with Gasteiger partial charge in [-0.05, 0) is 43.2 Å². The number of fused-ring (bicyclic) bond motifs is 1. The molecule has 24 heavy (non-hydrogen) atoms. The Kier molecular flexibility index (Phi) is 5.11. The minimum atomic E-state index is -0.205. The molecule has 0 heterocycles. The number of nitrogens with zero attached hydrogens (tertiary/aromatic N) is 1. The van der Waals surface area contributed by atoms with E-state index in [1.165, 1.54) is 17.5 Å². The van der Waals surface area contributed by atoms with Gasteiger partial charge in [-0.15, -0.1) is 0 Å². The van der Waals surface area contributed by atoms with Gasteiger partial charge in [0.05, 0.1) is 6.61 Å². The largest absolute Gasteiger partial charge is 0.493 e. The monoisotopic (exact) mass is 323 g/mol. The predicted octanol–water partition coefficient (Wildman–Crippen LogP) is 5.05. The average molecular weight is 323 g/mol. The number of ether oxygens (including phenoxy) is 1. The first-order valence-electron chi connectivity index (χ1n) is 8.17. The molecule has 0 N–H and O–H groups in total. The summed E-state index contributed by atoms with van der Waals surface area (Å²) in [5.41, 5.74) is 1.10. The van der Waals surface area contributed by atoms with Crippen LogP contribution in [-0.4, -0.2) is 25.6 Å². The topological polar surface area (TPSA) is 12.5 Å². The fraction of sp³-hybridized carbons (Fsp3) is 0.238. The van der Waals surface area contributed by atoms with Crippen LogP contribution in [0.5, 0.6) is 5.75 Å². The molecule has 3 aromatic carbocycles. The molecule has 0 fully saturated rings. The van der Waals surface area contributed by atoms with Crippen LogP contribution in [0.25, 0.3) is 10.8 Å². The minimum absolute atomic E-state index is 0.195. The molecular formula is C21H22FNO. The van der Waals surface area contributed by atoms with Crippen LogP contribution < -0.4 is 4.74 Å². The lowest BCUT2D eigenvalue weighted by Gasteiger charge is -2.25. The summed E-state index contributed by atoms with van der Waals surface area (Å²) in [7, 11) is 4.07. The highest BCUT2D eigenvalue weighted by molar-refractivity contribution is 5.88. The average Bonchev–Trinajstić information content (AvgIpc) is 2.59. The van der Waals surface area contributed by atoms with E-state index < -0.39 is 0 Å². The first-order valence-corrected chi connectivity index (χ1v) is 8.17. The minimum Gasteiger partial charge on any atom is -0.493 e. The quantitative estimate of drug-likeness (QED) is 0.629. The molecule has 3 heteroatoms. The maximum absolute atomic E-state index is 13.1. The van der Waals surface area contributed by atoms with Crippen molar-refractivity contribution in [3.05, 3.63) is 78.1 Å². The molecule has 0 aliphatic heterocycles. The van der Waals surface area contributed by atoms with Gasteiger partial charge in [-0.2, -0.15) is 0 Å². The Balaban J connectivity index is 1.70. The molecule has 124 valence electrons. The van der Waals surface area contributed by atoms with E-state index in [0.29, 0.717) is 6.61 Å². The summed E-state index contributed by atoms with van der Waals surface area (Å²) >= 11 is 0. The standard InChI is InChI=1S/C21H22FNO/c1-23(2)20(17-10-12-18(22)13-11-17)14-15-24-21-9-5-7-16-6-3-4-8-19(16)21/h3-13,20H,14-15H2,1-2H3. The van der Waals surface area contributed by atoms with Gasteiger partial charge in [0, 0.05) is 17.8 Å². The van der Waals surface area contributed by atoms with Crippen molar-refractivity contribution in [1.29, 1.82) is 0 Å². The summed E-state index contributed by atoms with van der Waals surface area (Å²) in [5.74, 6) is 0.702. The number of halogens is 1. The van der Waals surface area contributed by atoms with Crippen LogP contribution >= 0.6 is 0 Å². The molecule has 0 aliphatic carbocycles. The van der Waals surface area contributed by atoms with E-state index in [1.54, 1.807) is 0 Å². The van der Waals surface area contributed by atoms with Gasteiger partial charge in [0.25, 0.3) is 0 Å². The fourth-order valence-electron chi connectivity index (χ4n) is 3.01. The van der Waals surface area contributed by atoms with Gasteiger partial charge in [-0.1, -0.05) is 48.5 Å². The number of benzene rings is 3. The summed E-state index contributed by atoms with van der Waals surface area (Å²) < 4.78 is 19.2. The van der Waals surface area contributed by atoms with Crippen molar-refractivity contribution in [3.63, 3.8) is 0 Å².